The van der Waals surface area contributed by atoms with E-state index in [-0.39, 0.29) is 18.1 Å². The summed E-state index contributed by atoms with van der Waals surface area (Å²) in [4.78, 5) is 33.8. The summed E-state index contributed by atoms with van der Waals surface area (Å²) in [6.45, 7) is 3.98. The number of halogens is 1. The number of carbonyl (C=O) groups is 1. The number of benzene rings is 1. The van der Waals surface area contributed by atoms with Crippen molar-refractivity contribution in [3.05, 3.63) is 93.3 Å². The van der Waals surface area contributed by atoms with Crippen LogP contribution in [0.4, 0.5) is 11.4 Å². The van der Waals surface area contributed by atoms with Gasteiger partial charge in [-0.05, 0) is 30.0 Å². The summed E-state index contributed by atoms with van der Waals surface area (Å²) in [5.74, 6) is 0.646. The molecular formula is C22H15ClN4O4S. The molecule has 0 N–H and O–H groups in total. The normalized spacial score (nSPS) is 16.2. The van der Waals surface area contributed by atoms with Crippen molar-refractivity contribution in [1.29, 1.82) is 0 Å². The van der Waals surface area contributed by atoms with Gasteiger partial charge in [-0.25, -0.2) is 4.99 Å². The third-order valence-electron chi connectivity index (χ3n) is 4.41. The topological polar surface area (TPSA) is 102 Å². The van der Waals surface area contributed by atoms with Gasteiger partial charge in [-0.3, -0.25) is 24.8 Å². The van der Waals surface area contributed by atoms with Gasteiger partial charge in [0.05, 0.1) is 20.5 Å². The zero-order valence-electron chi connectivity index (χ0n) is 16.5. The van der Waals surface area contributed by atoms with Crippen LogP contribution in [0.15, 0.2) is 81.8 Å². The lowest BCUT2D eigenvalue weighted by atomic mass is 10.1. The lowest BCUT2D eigenvalue weighted by Crippen LogP contribution is -2.29. The van der Waals surface area contributed by atoms with Crippen molar-refractivity contribution in [2.45, 2.75) is 0 Å². The van der Waals surface area contributed by atoms with Crippen molar-refractivity contribution in [1.82, 2.24) is 9.88 Å². The van der Waals surface area contributed by atoms with Crippen molar-refractivity contribution < 1.29 is 14.1 Å². The van der Waals surface area contributed by atoms with E-state index in [2.05, 4.69) is 16.6 Å². The predicted molar refractivity (Wildman–Crippen MR) is 125 cm³/mol. The molecule has 3 aromatic rings. The second-order valence-corrected chi connectivity index (χ2v) is 7.96. The number of rotatable bonds is 6. The van der Waals surface area contributed by atoms with Gasteiger partial charge in [0, 0.05) is 42.7 Å². The molecule has 0 radical (unpaired) electrons. The summed E-state index contributed by atoms with van der Waals surface area (Å²) in [6.07, 6.45) is 6.27. The number of carbonyl (C=O) groups excluding carboxylic acids is 1. The van der Waals surface area contributed by atoms with Crippen LogP contribution in [0.5, 0.6) is 0 Å². The van der Waals surface area contributed by atoms with Crippen LogP contribution in [0.25, 0.3) is 17.4 Å². The Morgan fingerprint density at radius 1 is 1.31 bits per heavy atom. The monoisotopic (exact) mass is 466 g/mol. The van der Waals surface area contributed by atoms with Crippen molar-refractivity contribution in [2.24, 2.45) is 4.99 Å². The number of furan rings is 1. The zero-order chi connectivity index (χ0) is 22.7. The van der Waals surface area contributed by atoms with Crippen molar-refractivity contribution in [3.8, 4) is 11.3 Å². The molecule has 1 aliphatic heterocycles. The molecule has 160 valence electrons. The minimum atomic E-state index is -0.465. The minimum absolute atomic E-state index is 0.0315. The number of amidine groups is 1. The molecule has 4 rings (SSSR count). The van der Waals surface area contributed by atoms with Crippen LogP contribution in [-0.2, 0) is 4.79 Å². The van der Waals surface area contributed by atoms with Crippen LogP contribution in [0.1, 0.15) is 5.76 Å². The fraction of sp³-hybridized carbons (Fsp3) is 0.0455. The van der Waals surface area contributed by atoms with Crippen LogP contribution < -0.4 is 0 Å². The molecule has 0 aliphatic carbocycles. The van der Waals surface area contributed by atoms with E-state index in [4.69, 9.17) is 16.0 Å². The van der Waals surface area contributed by atoms with Crippen molar-refractivity contribution >= 4 is 51.9 Å². The number of hydrogen-bond acceptors (Lipinski definition) is 7. The molecule has 8 nitrogen and oxygen atoms in total. The van der Waals surface area contributed by atoms with Gasteiger partial charge in [-0.2, -0.15) is 0 Å². The Balaban J connectivity index is 1.64. The zero-order valence-corrected chi connectivity index (χ0v) is 18.0. The Kier molecular flexibility index (Phi) is 6.20. The largest absolute Gasteiger partial charge is 0.457 e. The molecule has 0 bridgehead atoms. The van der Waals surface area contributed by atoms with Crippen molar-refractivity contribution in [2.75, 3.05) is 6.54 Å². The standard InChI is InChI=1S/C22H15ClN4O4S/c1-2-10-26-21(28)20(32-22(26)25-18-8-9-24-13-17(18)23)12-16-6-7-19(31-16)14-4-3-5-15(11-14)27(29)30/h2-9,11-13H,1,10H2/b20-12+,25-22?. The Bertz CT molecular complexity index is 1280. The average molecular weight is 467 g/mol. The maximum atomic E-state index is 12.9. The smallest absolute Gasteiger partial charge is 0.270 e. The Labute approximate surface area is 192 Å². The highest BCUT2D eigenvalue weighted by Crippen LogP contribution is 2.36. The van der Waals surface area contributed by atoms with E-state index in [0.29, 0.717) is 37.9 Å². The van der Waals surface area contributed by atoms with E-state index < -0.39 is 4.92 Å². The van der Waals surface area contributed by atoms with Gasteiger partial charge in [0.2, 0.25) is 0 Å². The van der Waals surface area contributed by atoms with Gasteiger partial charge >= 0.3 is 0 Å². The van der Waals surface area contributed by atoms with E-state index in [9.17, 15) is 14.9 Å². The second kappa shape index (κ2) is 9.21. The highest BCUT2D eigenvalue weighted by molar-refractivity contribution is 8.18. The molecule has 0 unspecified atom stereocenters. The first-order chi connectivity index (χ1) is 15.5. The first kappa shape index (κ1) is 21.5. The van der Waals surface area contributed by atoms with Crippen LogP contribution >= 0.6 is 23.4 Å². The third kappa shape index (κ3) is 4.48. The Morgan fingerprint density at radius 2 is 2.16 bits per heavy atom. The lowest BCUT2D eigenvalue weighted by molar-refractivity contribution is -0.384. The van der Waals surface area contributed by atoms with Crippen molar-refractivity contribution in [3.63, 3.8) is 0 Å². The molecule has 1 saturated heterocycles. The minimum Gasteiger partial charge on any atom is -0.457 e. The number of aliphatic imine (C=N–C) groups is 1. The number of non-ortho nitro benzene ring substituents is 1. The molecule has 10 heteroatoms. The summed E-state index contributed by atoms with van der Waals surface area (Å²) in [6, 6.07) is 11.2. The number of nitro benzene ring substituents is 1. The maximum Gasteiger partial charge on any atom is 0.270 e. The number of pyridine rings is 1. The Hall–Kier alpha value is -3.69. The molecule has 0 atom stereocenters. The van der Waals surface area contributed by atoms with Gasteiger partial charge in [-0.15, -0.1) is 6.58 Å². The summed E-state index contributed by atoms with van der Waals surface area (Å²) in [7, 11) is 0. The highest BCUT2D eigenvalue weighted by Gasteiger charge is 2.33. The molecule has 1 fully saturated rings. The molecular weight excluding hydrogens is 452 g/mol. The van der Waals surface area contributed by atoms with E-state index in [1.807, 2.05) is 0 Å². The van der Waals surface area contributed by atoms with Crippen LogP contribution in [0, 0.1) is 10.1 Å². The number of nitro groups is 1. The van der Waals surface area contributed by atoms with Gasteiger partial charge in [0.25, 0.3) is 11.6 Å². The maximum absolute atomic E-state index is 12.9. The van der Waals surface area contributed by atoms with Crippen LogP contribution in [-0.4, -0.2) is 32.4 Å². The van der Waals surface area contributed by atoms with E-state index in [0.717, 1.165) is 0 Å². The molecule has 3 heterocycles. The van der Waals surface area contributed by atoms with E-state index >= 15 is 0 Å². The van der Waals surface area contributed by atoms with Crippen LogP contribution in [0.3, 0.4) is 0 Å². The first-order valence-corrected chi connectivity index (χ1v) is 10.5. The molecule has 0 spiro atoms. The van der Waals surface area contributed by atoms with Crippen LogP contribution in [0.2, 0.25) is 5.02 Å². The van der Waals surface area contributed by atoms with Gasteiger partial charge < -0.3 is 4.42 Å². The number of hydrogen-bond donors (Lipinski definition) is 0. The number of amides is 1. The molecule has 1 aliphatic rings. The first-order valence-electron chi connectivity index (χ1n) is 9.31. The molecule has 0 saturated carbocycles. The van der Waals surface area contributed by atoms with Gasteiger partial charge in [0.1, 0.15) is 11.5 Å². The molecule has 2 aromatic heterocycles. The summed E-state index contributed by atoms with van der Waals surface area (Å²) in [5, 5.41) is 11.8. The van der Waals surface area contributed by atoms with E-state index in [1.54, 1.807) is 48.7 Å². The lowest BCUT2D eigenvalue weighted by Gasteiger charge is -2.12. The second-order valence-electron chi connectivity index (χ2n) is 6.55. The number of aromatic nitrogens is 1. The summed E-state index contributed by atoms with van der Waals surface area (Å²) in [5.41, 5.74) is 1.03. The van der Waals surface area contributed by atoms with Gasteiger partial charge in [0.15, 0.2) is 5.17 Å². The summed E-state index contributed by atoms with van der Waals surface area (Å²) >= 11 is 7.34. The highest BCUT2D eigenvalue weighted by atomic mass is 35.5. The summed E-state index contributed by atoms with van der Waals surface area (Å²) < 4.78 is 5.81. The molecule has 1 amide bonds. The predicted octanol–water partition coefficient (Wildman–Crippen LogP) is 5.69. The number of thioether (sulfide) groups is 1. The molecule has 1 aromatic carbocycles. The third-order valence-corrected chi connectivity index (χ3v) is 5.71. The SMILES string of the molecule is C=CCN1C(=O)/C(=C\c2ccc(-c3cccc([N+](=O)[O-])c3)o2)SC1=Nc1ccncc1Cl. The number of nitrogens with zero attached hydrogens (tertiary/aromatic N) is 4. The quantitative estimate of drug-likeness (QED) is 0.200. The average Bonchev–Trinajstić information content (AvgIpc) is 3.36. The van der Waals surface area contributed by atoms with Gasteiger partial charge in [-0.1, -0.05) is 29.8 Å². The van der Waals surface area contributed by atoms with E-state index in [1.165, 1.54) is 35.0 Å². The Morgan fingerprint density at radius 3 is 2.91 bits per heavy atom. The fourth-order valence-corrected chi connectivity index (χ4v) is 4.07. The molecule has 32 heavy (non-hydrogen) atoms. The fourth-order valence-electron chi connectivity index (χ4n) is 2.93.